The van der Waals surface area contributed by atoms with Crippen molar-refractivity contribution >= 4 is 40.2 Å². The van der Waals surface area contributed by atoms with Crippen molar-refractivity contribution in [1.82, 2.24) is 14.5 Å². The third-order valence-electron chi connectivity index (χ3n) is 3.20. The van der Waals surface area contributed by atoms with Crippen molar-refractivity contribution in [3.05, 3.63) is 28.0 Å². The van der Waals surface area contributed by atoms with E-state index in [1.54, 1.807) is 12.1 Å². The van der Waals surface area contributed by atoms with Crippen LogP contribution in [0, 0.1) is 0 Å². The van der Waals surface area contributed by atoms with E-state index in [0.29, 0.717) is 16.6 Å². The summed E-state index contributed by atoms with van der Waals surface area (Å²) in [7, 11) is 3.97. The maximum absolute atomic E-state index is 10.8. The number of fused-ring (bicyclic) bond motifs is 1. The molecule has 0 amide bonds. The number of carboxylic acids is 1. The molecule has 5 nitrogen and oxygen atoms in total. The van der Waals surface area contributed by atoms with Gasteiger partial charge in [-0.3, -0.25) is 4.79 Å². The number of rotatable bonds is 6. The van der Waals surface area contributed by atoms with Gasteiger partial charge >= 0.3 is 5.97 Å². The average Bonchev–Trinajstić information content (AvgIpc) is 2.71. The van der Waals surface area contributed by atoms with Crippen LogP contribution < -0.4 is 0 Å². The molecule has 1 N–H and O–H groups in total. The number of aryl methyl sites for hydroxylation is 1. The molecule has 0 aliphatic carbocycles. The number of hydrogen-bond donors (Lipinski definition) is 1. The highest BCUT2D eigenvalue weighted by atomic mass is 35.5. The number of imidazole rings is 1. The standard InChI is InChI=1S/C14H17Cl2N3O2/c1-18(2)5-3-13-17-11-7-9(15)10(16)8-12(11)19(13)6-4-14(20)21/h7-8H,3-6H2,1-2H3,(H,20,21). The zero-order valence-corrected chi connectivity index (χ0v) is 13.4. The summed E-state index contributed by atoms with van der Waals surface area (Å²) in [6.07, 6.45) is 0.775. The molecule has 0 saturated carbocycles. The number of carbonyl (C=O) groups is 1. The highest BCUT2D eigenvalue weighted by molar-refractivity contribution is 6.42. The van der Waals surface area contributed by atoms with Gasteiger partial charge in [0.25, 0.3) is 0 Å². The second kappa shape index (κ2) is 6.64. The SMILES string of the molecule is CN(C)CCc1nc2cc(Cl)c(Cl)cc2n1CCC(=O)O. The van der Waals surface area contributed by atoms with Gasteiger partial charge < -0.3 is 14.6 Å². The first-order chi connectivity index (χ1) is 9.88. The lowest BCUT2D eigenvalue weighted by Crippen LogP contribution is -2.18. The molecule has 0 saturated heterocycles. The normalized spacial score (nSPS) is 11.5. The first kappa shape index (κ1) is 16.1. The fourth-order valence-electron chi connectivity index (χ4n) is 2.14. The summed E-state index contributed by atoms with van der Waals surface area (Å²) in [6, 6.07) is 3.46. The summed E-state index contributed by atoms with van der Waals surface area (Å²) in [5.74, 6) is 0.00810. The van der Waals surface area contributed by atoms with Crippen LogP contribution in [0.4, 0.5) is 0 Å². The average molecular weight is 330 g/mol. The van der Waals surface area contributed by atoms with Gasteiger partial charge in [0.1, 0.15) is 5.82 Å². The first-order valence-corrected chi connectivity index (χ1v) is 7.34. The zero-order chi connectivity index (χ0) is 15.6. The molecule has 0 aliphatic rings. The summed E-state index contributed by atoms with van der Waals surface area (Å²) in [5.41, 5.74) is 1.56. The molecule has 114 valence electrons. The van der Waals surface area contributed by atoms with Crippen molar-refractivity contribution in [3.63, 3.8) is 0 Å². The number of benzene rings is 1. The molecule has 0 aliphatic heterocycles. The van der Waals surface area contributed by atoms with Crippen molar-refractivity contribution < 1.29 is 9.90 Å². The van der Waals surface area contributed by atoms with Gasteiger partial charge in [0.05, 0.1) is 27.5 Å². The molecule has 2 rings (SSSR count). The number of hydrogen-bond acceptors (Lipinski definition) is 3. The predicted molar refractivity (Wildman–Crippen MR) is 84.3 cm³/mol. The summed E-state index contributed by atoms with van der Waals surface area (Å²) >= 11 is 12.1. The van der Waals surface area contributed by atoms with Crippen LogP contribution >= 0.6 is 23.2 Å². The van der Waals surface area contributed by atoms with E-state index in [0.717, 1.165) is 29.8 Å². The quantitative estimate of drug-likeness (QED) is 0.885. The van der Waals surface area contributed by atoms with E-state index in [1.807, 2.05) is 18.7 Å². The smallest absolute Gasteiger partial charge is 0.305 e. The fraction of sp³-hybridized carbons (Fsp3) is 0.429. The topological polar surface area (TPSA) is 58.4 Å². The van der Waals surface area contributed by atoms with E-state index in [2.05, 4.69) is 9.88 Å². The second-order valence-corrected chi connectivity index (χ2v) is 5.95. The Morgan fingerprint density at radius 2 is 2.00 bits per heavy atom. The van der Waals surface area contributed by atoms with Gasteiger partial charge in [0.15, 0.2) is 0 Å². The summed E-state index contributed by atoms with van der Waals surface area (Å²) in [5, 5.41) is 9.80. The molecule has 2 aromatic rings. The number of halogens is 2. The molecule has 0 radical (unpaired) electrons. The van der Waals surface area contributed by atoms with Crippen molar-refractivity contribution in [2.45, 2.75) is 19.4 Å². The van der Waals surface area contributed by atoms with Crippen LogP contribution in [-0.2, 0) is 17.8 Å². The number of carboxylic acid groups (broad SMARTS) is 1. The molecule has 0 unspecified atom stereocenters. The van der Waals surface area contributed by atoms with Gasteiger partial charge in [-0.2, -0.15) is 0 Å². The lowest BCUT2D eigenvalue weighted by atomic mass is 10.3. The number of likely N-dealkylation sites (N-methyl/N-ethyl adjacent to an activating group) is 1. The summed E-state index contributed by atoms with van der Waals surface area (Å²) in [6.45, 7) is 1.20. The van der Waals surface area contributed by atoms with E-state index < -0.39 is 5.97 Å². The van der Waals surface area contributed by atoms with E-state index in [9.17, 15) is 4.79 Å². The fourth-order valence-corrected chi connectivity index (χ4v) is 2.46. The van der Waals surface area contributed by atoms with Gasteiger partial charge in [-0.25, -0.2) is 4.98 Å². The lowest BCUT2D eigenvalue weighted by molar-refractivity contribution is -0.137. The molecule has 7 heteroatoms. The van der Waals surface area contributed by atoms with E-state index in [1.165, 1.54) is 0 Å². The van der Waals surface area contributed by atoms with Gasteiger partial charge in [0.2, 0.25) is 0 Å². The van der Waals surface area contributed by atoms with Gasteiger partial charge in [-0.1, -0.05) is 23.2 Å². The van der Waals surface area contributed by atoms with Crippen molar-refractivity contribution in [2.24, 2.45) is 0 Å². The lowest BCUT2D eigenvalue weighted by Gasteiger charge is -2.11. The predicted octanol–water partition coefficient (Wildman–Crippen LogP) is 2.92. The minimum Gasteiger partial charge on any atom is -0.481 e. The molecule has 0 atom stereocenters. The van der Waals surface area contributed by atoms with Gasteiger partial charge in [-0.05, 0) is 26.2 Å². The monoisotopic (exact) mass is 329 g/mol. The van der Waals surface area contributed by atoms with Crippen LogP contribution in [-0.4, -0.2) is 46.2 Å². The Morgan fingerprint density at radius 1 is 1.33 bits per heavy atom. The van der Waals surface area contributed by atoms with Crippen LogP contribution in [0.15, 0.2) is 12.1 Å². The highest BCUT2D eigenvalue weighted by Gasteiger charge is 2.14. The van der Waals surface area contributed by atoms with E-state index in [4.69, 9.17) is 28.3 Å². The van der Waals surface area contributed by atoms with Crippen LogP contribution in [0.1, 0.15) is 12.2 Å². The van der Waals surface area contributed by atoms with E-state index in [-0.39, 0.29) is 6.42 Å². The van der Waals surface area contributed by atoms with Crippen molar-refractivity contribution in [3.8, 4) is 0 Å². The van der Waals surface area contributed by atoms with Crippen molar-refractivity contribution in [2.75, 3.05) is 20.6 Å². The highest BCUT2D eigenvalue weighted by Crippen LogP contribution is 2.28. The molecule has 0 bridgehead atoms. The first-order valence-electron chi connectivity index (χ1n) is 6.59. The Bertz CT molecular complexity index is 668. The Labute approximate surface area is 133 Å². The Kier molecular flexibility index (Phi) is 5.08. The minimum atomic E-state index is -0.838. The third-order valence-corrected chi connectivity index (χ3v) is 3.92. The molecule has 21 heavy (non-hydrogen) atoms. The van der Waals surface area contributed by atoms with Crippen LogP contribution in [0.2, 0.25) is 10.0 Å². The van der Waals surface area contributed by atoms with Crippen LogP contribution in [0.25, 0.3) is 11.0 Å². The molecule has 0 spiro atoms. The zero-order valence-electron chi connectivity index (χ0n) is 11.9. The molecule has 0 fully saturated rings. The molecular weight excluding hydrogens is 313 g/mol. The Hall–Kier alpha value is -1.30. The van der Waals surface area contributed by atoms with Gasteiger partial charge in [0, 0.05) is 19.5 Å². The maximum atomic E-state index is 10.8. The summed E-state index contributed by atoms with van der Waals surface area (Å²) < 4.78 is 1.91. The molecule has 1 heterocycles. The number of aromatic nitrogens is 2. The number of aliphatic carboxylic acids is 1. The third kappa shape index (κ3) is 3.87. The van der Waals surface area contributed by atoms with E-state index >= 15 is 0 Å². The Balaban J connectivity index is 2.43. The Morgan fingerprint density at radius 3 is 2.62 bits per heavy atom. The molecule has 1 aromatic heterocycles. The molecule has 1 aromatic carbocycles. The summed E-state index contributed by atoms with van der Waals surface area (Å²) in [4.78, 5) is 17.5. The minimum absolute atomic E-state index is 0.0423. The maximum Gasteiger partial charge on any atom is 0.305 e. The van der Waals surface area contributed by atoms with Crippen LogP contribution in [0.3, 0.4) is 0 Å². The largest absolute Gasteiger partial charge is 0.481 e. The van der Waals surface area contributed by atoms with Crippen LogP contribution in [0.5, 0.6) is 0 Å². The second-order valence-electron chi connectivity index (χ2n) is 5.13. The van der Waals surface area contributed by atoms with Crippen molar-refractivity contribution in [1.29, 1.82) is 0 Å². The molecular formula is C14H17Cl2N3O2. The number of nitrogens with zero attached hydrogens (tertiary/aromatic N) is 3. The van der Waals surface area contributed by atoms with Gasteiger partial charge in [-0.15, -0.1) is 0 Å².